The van der Waals surface area contributed by atoms with Gasteiger partial charge in [0.1, 0.15) is 13.2 Å². The average molecular weight is 894 g/mol. The summed E-state index contributed by atoms with van der Waals surface area (Å²) in [6, 6.07) is 16.6. The van der Waals surface area contributed by atoms with Crippen molar-refractivity contribution in [2.24, 2.45) is 0 Å². The van der Waals surface area contributed by atoms with Crippen molar-refractivity contribution in [1.82, 2.24) is 4.90 Å². The number of fused-ring (bicyclic) bond motifs is 3. The molecule has 0 bridgehead atoms. The third kappa shape index (κ3) is 26.3. The van der Waals surface area contributed by atoms with Gasteiger partial charge in [0.15, 0.2) is 0 Å². The maximum Gasteiger partial charge on any atom is 0.409 e. The maximum atomic E-state index is 12.6. The van der Waals surface area contributed by atoms with E-state index in [1.54, 1.807) is 7.05 Å². The molecule has 2 aromatic rings. The van der Waals surface area contributed by atoms with Gasteiger partial charge in [-0.05, 0) is 28.7 Å². The summed E-state index contributed by atoms with van der Waals surface area (Å²) in [4.78, 5) is 25.7. The zero-order valence-electron chi connectivity index (χ0n) is 38.0. The third-order valence-corrected chi connectivity index (χ3v) is 9.66. The lowest BCUT2D eigenvalue weighted by molar-refractivity contribution is -0.145. The fourth-order valence-electron chi connectivity index (χ4n) is 6.28. The number of unbranched alkanes of at least 4 members (excludes halogenated alkanes) is 3. The highest BCUT2D eigenvalue weighted by Gasteiger charge is 2.29. The number of rotatable bonds is 43. The molecular weight excluding hydrogens is 819 g/mol. The van der Waals surface area contributed by atoms with Crippen molar-refractivity contribution in [3.05, 3.63) is 59.7 Å². The number of esters is 1. The Labute approximate surface area is 375 Å². The monoisotopic (exact) mass is 894 g/mol. The normalized spacial score (nSPS) is 12.1. The van der Waals surface area contributed by atoms with Gasteiger partial charge < -0.3 is 66.5 Å². The van der Waals surface area contributed by atoms with Gasteiger partial charge in [-0.25, -0.2) is 4.79 Å². The van der Waals surface area contributed by atoms with E-state index >= 15 is 0 Å². The minimum atomic E-state index is -0.368. The summed E-state index contributed by atoms with van der Waals surface area (Å²) in [6.45, 7) is 13.3. The summed E-state index contributed by atoms with van der Waals surface area (Å²) >= 11 is 0. The second-order valence-corrected chi connectivity index (χ2v) is 14.5. The van der Waals surface area contributed by atoms with E-state index in [1.807, 2.05) is 24.3 Å². The molecule has 1 aliphatic rings. The minimum Gasteiger partial charge on any atom is -0.463 e. The van der Waals surface area contributed by atoms with Gasteiger partial charge in [-0.3, -0.25) is 4.79 Å². The highest BCUT2D eigenvalue weighted by molar-refractivity contribution is 5.79. The van der Waals surface area contributed by atoms with Crippen molar-refractivity contribution in [3.63, 3.8) is 0 Å². The molecule has 3 rings (SSSR count). The van der Waals surface area contributed by atoms with Crippen molar-refractivity contribution in [1.29, 1.82) is 0 Å². The Bertz CT molecular complexity index is 1370. The minimum absolute atomic E-state index is 0.0340. The molecule has 1 aliphatic carbocycles. The van der Waals surface area contributed by atoms with Gasteiger partial charge in [-0.1, -0.05) is 74.7 Å². The summed E-state index contributed by atoms with van der Waals surface area (Å²) in [7, 11) is 1.71. The van der Waals surface area contributed by atoms with E-state index < -0.39 is 0 Å². The summed E-state index contributed by atoms with van der Waals surface area (Å²) in [5.41, 5.74) is 4.79. The molecule has 16 nitrogen and oxygen atoms in total. The Morgan fingerprint density at radius 2 is 0.794 bits per heavy atom. The van der Waals surface area contributed by atoms with E-state index in [4.69, 9.17) is 61.6 Å². The Morgan fingerprint density at radius 1 is 0.444 bits per heavy atom. The number of amides is 1. The van der Waals surface area contributed by atoms with Crippen molar-refractivity contribution >= 4 is 12.1 Å². The molecule has 0 aromatic heterocycles. The molecule has 0 fully saturated rings. The summed E-state index contributed by atoms with van der Waals surface area (Å²) in [6.07, 6.45) is 4.36. The molecule has 0 atom stereocenters. The Hall–Kier alpha value is -3.26. The van der Waals surface area contributed by atoms with Crippen LogP contribution in [0.1, 0.15) is 56.1 Å². The van der Waals surface area contributed by atoms with E-state index in [0.717, 1.165) is 25.7 Å². The molecule has 16 heteroatoms. The van der Waals surface area contributed by atoms with E-state index in [1.165, 1.54) is 27.2 Å². The first kappa shape index (κ1) is 54.1. The van der Waals surface area contributed by atoms with Gasteiger partial charge in [0.25, 0.3) is 0 Å². The fourth-order valence-corrected chi connectivity index (χ4v) is 6.28. The number of carbonyl (C=O) groups is 2. The Balaban J connectivity index is 0.934. The van der Waals surface area contributed by atoms with Crippen molar-refractivity contribution in [2.45, 2.75) is 44.9 Å². The number of benzene rings is 2. The number of hydrogen-bond donors (Lipinski definition) is 0. The predicted octanol–water partition coefficient (Wildman–Crippen LogP) is 5.56. The molecule has 0 radical (unpaired) electrons. The van der Waals surface area contributed by atoms with Crippen LogP contribution in [-0.4, -0.2) is 189 Å². The highest BCUT2D eigenvalue weighted by Crippen LogP contribution is 2.44. The number of ether oxygens (including phenoxy) is 13. The second kappa shape index (κ2) is 38.1. The zero-order chi connectivity index (χ0) is 44.7. The molecule has 0 aliphatic heterocycles. The van der Waals surface area contributed by atoms with E-state index in [2.05, 4.69) is 31.2 Å². The maximum absolute atomic E-state index is 12.6. The Kier molecular flexibility index (Phi) is 32.7. The topological polar surface area (TPSA) is 157 Å². The quantitative estimate of drug-likeness (QED) is 0.0602. The lowest BCUT2D eigenvalue weighted by atomic mass is 9.98. The SMILES string of the molecule is CCCCCCC(=O)OCCOCCOCCOCCOCCOCCOCCOCCOCCOCCOCCOCCN(C)C(=O)OCC1c2ccccc2-c2ccccc21. The first-order chi connectivity index (χ1) is 31.1. The van der Waals surface area contributed by atoms with Crippen LogP contribution >= 0.6 is 0 Å². The summed E-state index contributed by atoms with van der Waals surface area (Å²) in [5.74, 6) is -0.123. The van der Waals surface area contributed by atoms with Crippen molar-refractivity contribution in [3.8, 4) is 11.1 Å². The molecule has 0 unspecified atom stereocenters. The van der Waals surface area contributed by atoms with Gasteiger partial charge in [0, 0.05) is 25.9 Å². The van der Waals surface area contributed by atoms with E-state index in [-0.39, 0.29) is 24.6 Å². The van der Waals surface area contributed by atoms with Crippen molar-refractivity contribution in [2.75, 3.05) is 172 Å². The van der Waals surface area contributed by atoms with Crippen LogP contribution in [0, 0.1) is 0 Å². The van der Waals surface area contributed by atoms with E-state index in [0.29, 0.717) is 165 Å². The van der Waals surface area contributed by atoms with Crippen LogP contribution < -0.4 is 0 Å². The third-order valence-electron chi connectivity index (χ3n) is 9.66. The number of likely N-dealkylation sites (N-methyl/N-ethyl adjacent to an activating group) is 1. The lowest BCUT2D eigenvalue weighted by Gasteiger charge is -2.19. The predicted molar refractivity (Wildman–Crippen MR) is 236 cm³/mol. The molecule has 0 saturated carbocycles. The molecule has 1 amide bonds. The van der Waals surface area contributed by atoms with Crippen LogP contribution in [0.25, 0.3) is 11.1 Å². The van der Waals surface area contributed by atoms with Crippen LogP contribution in [0.5, 0.6) is 0 Å². The highest BCUT2D eigenvalue weighted by atomic mass is 16.6. The first-order valence-corrected chi connectivity index (χ1v) is 22.7. The summed E-state index contributed by atoms with van der Waals surface area (Å²) in [5, 5.41) is 0. The zero-order valence-corrected chi connectivity index (χ0v) is 38.0. The van der Waals surface area contributed by atoms with Gasteiger partial charge >= 0.3 is 12.1 Å². The van der Waals surface area contributed by atoms with Gasteiger partial charge in [-0.15, -0.1) is 0 Å². The first-order valence-electron chi connectivity index (χ1n) is 22.7. The fraction of sp³-hybridized carbons (Fsp3) is 0.702. The van der Waals surface area contributed by atoms with Gasteiger partial charge in [0.05, 0.1) is 145 Å². The van der Waals surface area contributed by atoms with Crippen LogP contribution in [-0.2, 0) is 66.4 Å². The molecule has 63 heavy (non-hydrogen) atoms. The lowest BCUT2D eigenvalue weighted by Crippen LogP contribution is -2.32. The van der Waals surface area contributed by atoms with Gasteiger partial charge in [0.2, 0.25) is 0 Å². The van der Waals surface area contributed by atoms with Crippen LogP contribution in [0.15, 0.2) is 48.5 Å². The summed E-state index contributed by atoms with van der Waals surface area (Å²) < 4.78 is 71.5. The second-order valence-electron chi connectivity index (χ2n) is 14.5. The standard InChI is InChI=1S/C47H75NO15/c1-3-4-5-6-15-46(49)62-39-38-61-37-36-60-35-34-59-33-32-58-31-30-57-29-28-56-27-26-55-25-24-54-23-22-53-21-20-52-19-18-51-17-16-48(2)47(50)63-40-45-43-13-9-7-11-41(43)42-12-8-10-14-44(42)45/h7-14,45H,3-6,15-40H2,1-2H3. The number of carbonyl (C=O) groups excluding carboxylic acids is 2. The molecule has 358 valence electrons. The van der Waals surface area contributed by atoms with Crippen LogP contribution in [0.4, 0.5) is 4.79 Å². The molecule has 2 aromatic carbocycles. The number of nitrogens with zero attached hydrogens (tertiary/aromatic N) is 1. The largest absolute Gasteiger partial charge is 0.463 e. The molecule has 0 heterocycles. The van der Waals surface area contributed by atoms with Crippen LogP contribution in [0.3, 0.4) is 0 Å². The smallest absolute Gasteiger partial charge is 0.409 e. The molecule has 0 saturated heterocycles. The average Bonchev–Trinajstić information content (AvgIpc) is 3.62. The number of hydrogen-bond acceptors (Lipinski definition) is 15. The molecule has 0 spiro atoms. The molecule has 0 N–H and O–H groups in total. The van der Waals surface area contributed by atoms with E-state index in [9.17, 15) is 9.59 Å². The molecular formula is C47H75NO15. The Morgan fingerprint density at radius 3 is 1.17 bits per heavy atom. The van der Waals surface area contributed by atoms with Crippen molar-refractivity contribution < 1.29 is 71.2 Å². The van der Waals surface area contributed by atoms with Gasteiger partial charge in [-0.2, -0.15) is 0 Å². The van der Waals surface area contributed by atoms with Crippen LogP contribution in [0.2, 0.25) is 0 Å².